The summed E-state index contributed by atoms with van der Waals surface area (Å²) in [6.45, 7) is 0. The minimum absolute atomic E-state index is 0.111. The molecular formula is C17H17FN4O. The molecule has 0 spiro atoms. The standard InChI is InChI=1S/C17H17FN4O/c18-17-13(6-2-1-4-10-19)8-9-15(22-17)21-16(23)12-14-7-3-5-11-20-14/h3,5,7-9,11H,1-2,4,6,12H2,(H,21,22,23). The van der Waals surface area contributed by atoms with Crippen LogP contribution in [0.1, 0.15) is 30.5 Å². The zero-order valence-electron chi connectivity index (χ0n) is 12.6. The molecule has 2 aromatic rings. The molecule has 2 heterocycles. The van der Waals surface area contributed by atoms with Gasteiger partial charge >= 0.3 is 0 Å². The minimum atomic E-state index is -0.586. The molecule has 2 rings (SSSR count). The third kappa shape index (κ3) is 5.47. The van der Waals surface area contributed by atoms with Crippen LogP contribution in [0.3, 0.4) is 0 Å². The quantitative estimate of drug-likeness (QED) is 0.629. The molecule has 0 atom stereocenters. The number of carbonyl (C=O) groups excluding carboxylic acids is 1. The van der Waals surface area contributed by atoms with E-state index in [1.165, 1.54) is 0 Å². The Morgan fingerprint density at radius 2 is 2.13 bits per heavy atom. The summed E-state index contributed by atoms with van der Waals surface area (Å²) in [6.07, 6.45) is 4.19. The maximum atomic E-state index is 13.9. The SMILES string of the molecule is N#CCCCCc1ccc(NC(=O)Cc2ccccn2)nc1F. The molecule has 5 nitrogen and oxygen atoms in total. The van der Waals surface area contributed by atoms with Crippen LogP contribution in [0.4, 0.5) is 10.2 Å². The molecule has 0 aliphatic rings. The van der Waals surface area contributed by atoms with Crippen LogP contribution in [-0.4, -0.2) is 15.9 Å². The van der Waals surface area contributed by atoms with E-state index in [0.29, 0.717) is 24.1 Å². The van der Waals surface area contributed by atoms with Gasteiger partial charge in [0.25, 0.3) is 0 Å². The van der Waals surface area contributed by atoms with Gasteiger partial charge in [0.1, 0.15) is 5.82 Å². The molecule has 1 N–H and O–H groups in total. The summed E-state index contributed by atoms with van der Waals surface area (Å²) >= 11 is 0. The summed E-state index contributed by atoms with van der Waals surface area (Å²) in [6, 6.07) is 10.6. The third-order valence-corrected chi connectivity index (χ3v) is 3.25. The van der Waals surface area contributed by atoms with E-state index >= 15 is 0 Å². The number of rotatable bonds is 7. The van der Waals surface area contributed by atoms with Crippen LogP contribution in [0, 0.1) is 17.3 Å². The maximum Gasteiger partial charge on any atom is 0.231 e. The van der Waals surface area contributed by atoms with Gasteiger partial charge in [-0.25, -0.2) is 4.98 Å². The number of amides is 1. The van der Waals surface area contributed by atoms with E-state index < -0.39 is 5.95 Å². The predicted octanol–water partition coefficient (Wildman–Crippen LogP) is 3.03. The zero-order chi connectivity index (χ0) is 16.5. The van der Waals surface area contributed by atoms with Gasteiger partial charge in [-0.2, -0.15) is 9.65 Å². The number of hydrogen-bond donors (Lipinski definition) is 1. The highest BCUT2D eigenvalue weighted by molar-refractivity contribution is 5.91. The van der Waals surface area contributed by atoms with Gasteiger partial charge < -0.3 is 5.32 Å². The number of carbonyl (C=O) groups is 1. The van der Waals surface area contributed by atoms with Crippen molar-refractivity contribution in [1.29, 1.82) is 5.26 Å². The lowest BCUT2D eigenvalue weighted by Crippen LogP contribution is -2.16. The lowest BCUT2D eigenvalue weighted by molar-refractivity contribution is -0.115. The van der Waals surface area contributed by atoms with Crippen LogP contribution in [0.2, 0.25) is 0 Å². The number of pyridine rings is 2. The van der Waals surface area contributed by atoms with E-state index in [9.17, 15) is 9.18 Å². The first-order valence-electron chi connectivity index (χ1n) is 7.41. The number of nitrogens with zero attached hydrogens (tertiary/aromatic N) is 3. The van der Waals surface area contributed by atoms with E-state index in [2.05, 4.69) is 21.4 Å². The van der Waals surface area contributed by atoms with E-state index in [4.69, 9.17) is 5.26 Å². The first kappa shape index (κ1) is 16.6. The third-order valence-electron chi connectivity index (χ3n) is 3.25. The summed E-state index contributed by atoms with van der Waals surface area (Å²) in [5.41, 5.74) is 1.13. The summed E-state index contributed by atoms with van der Waals surface area (Å²) < 4.78 is 13.9. The van der Waals surface area contributed by atoms with E-state index in [-0.39, 0.29) is 18.1 Å². The van der Waals surface area contributed by atoms with E-state index in [1.807, 2.05) is 0 Å². The molecule has 6 heteroatoms. The summed E-state index contributed by atoms with van der Waals surface area (Å²) in [5, 5.41) is 11.0. The normalized spacial score (nSPS) is 10.1. The largest absolute Gasteiger partial charge is 0.310 e. The monoisotopic (exact) mass is 312 g/mol. The van der Waals surface area contributed by atoms with Crippen LogP contribution in [0.5, 0.6) is 0 Å². The average Bonchev–Trinajstić information content (AvgIpc) is 2.54. The van der Waals surface area contributed by atoms with Gasteiger partial charge in [-0.1, -0.05) is 12.1 Å². The second-order valence-corrected chi connectivity index (χ2v) is 5.06. The Labute approximate surface area is 134 Å². The van der Waals surface area contributed by atoms with Crippen molar-refractivity contribution in [2.45, 2.75) is 32.1 Å². The Morgan fingerprint density at radius 3 is 2.83 bits per heavy atom. The van der Waals surface area contributed by atoms with Crippen LogP contribution in [-0.2, 0) is 17.6 Å². The molecule has 0 saturated carbocycles. The van der Waals surface area contributed by atoms with Crippen molar-refractivity contribution >= 4 is 11.7 Å². The molecular weight excluding hydrogens is 295 g/mol. The lowest BCUT2D eigenvalue weighted by Gasteiger charge is -2.07. The van der Waals surface area contributed by atoms with Crippen LogP contribution in [0.15, 0.2) is 36.5 Å². The van der Waals surface area contributed by atoms with Gasteiger partial charge in [0.15, 0.2) is 0 Å². The number of nitriles is 1. The van der Waals surface area contributed by atoms with Crippen LogP contribution < -0.4 is 5.32 Å². The summed E-state index contributed by atoms with van der Waals surface area (Å²) in [5.74, 6) is -0.695. The molecule has 0 bridgehead atoms. The minimum Gasteiger partial charge on any atom is -0.310 e. The molecule has 0 unspecified atom stereocenters. The molecule has 23 heavy (non-hydrogen) atoms. The molecule has 0 aliphatic carbocycles. The second kappa shape index (κ2) is 8.59. The van der Waals surface area contributed by atoms with Crippen LogP contribution >= 0.6 is 0 Å². The number of anilines is 1. The van der Waals surface area contributed by atoms with Crippen molar-refractivity contribution in [1.82, 2.24) is 9.97 Å². The van der Waals surface area contributed by atoms with Crippen molar-refractivity contribution in [3.8, 4) is 6.07 Å². The Bertz CT molecular complexity index is 697. The number of aromatic nitrogens is 2. The van der Waals surface area contributed by atoms with Crippen molar-refractivity contribution < 1.29 is 9.18 Å². The number of unbranched alkanes of at least 4 members (excludes halogenated alkanes) is 2. The van der Waals surface area contributed by atoms with E-state index in [1.54, 1.807) is 36.5 Å². The highest BCUT2D eigenvalue weighted by Gasteiger charge is 2.09. The summed E-state index contributed by atoms with van der Waals surface area (Å²) in [4.78, 5) is 19.7. The Balaban J connectivity index is 1.89. The lowest BCUT2D eigenvalue weighted by atomic mass is 10.1. The van der Waals surface area contributed by atoms with Crippen molar-refractivity contribution in [3.05, 3.63) is 53.7 Å². The maximum absolute atomic E-state index is 13.9. The fourth-order valence-corrected chi connectivity index (χ4v) is 2.09. The van der Waals surface area contributed by atoms with Gasteiger partial charge in [0.2, 0.25) is 11.9 Å². The first-order chi connectivity index (χ1) is 11.2. The zero-order valence-corrected chi connectivity index (χ0v) is 12.6. The first-order valence-corrected chi connectivity index (χ1v) is 7.41. The predicted molar refractivity (Wildman–Crippen MR) is 83.9 cm³/mol. The number of aryl methyl sites for hydroxylation is 1. The fraction of sp³-hybridized carbons (Fsp3) is 0.294. The molecule has 0 aliphatic heterocycles. The number of halogens is 1. The molecule has 0 fully saturated rings. The molecule has 0 saturated heterocycles. The Kier molecular flexibility index (Phi) is 6.18. The topological polar surface area (TPSA) is 78.7 Å². The summed E-state index contributed by atoms with van der Waals surface area (Å²) in [7, 11) is 0. The molecule has 0 aromatic carbocycles. The van der Waals surface area contributed by atoms with Gasteiger partial charge in [-0.05, 0) is 37.5 Å². The van der Waals surface area contributed by atoms with Gasteiger partial charge in [-0.15, -0.1) is 0 Å². The molecule has 118 valence electrons. The smallest absolute Gasteiger partial charge is 0.231 e. The Morgan fingerprint density at radius 1 is 1.26 bits per heavy atom. The van der Waals surface area contributed by atoms with Crippen molar-refractivity contribution in [2.75, 3.05) is 5.32 Å². The van der Waals surface area contributed by atoms with Crippen molar-refractivity contribution in [3.63, 3.8) is 0 Å². The highest BCUT2D eigenvalue weighted by Crippen LogP contribution is 2.13. The van der Waals surface area contributed by atoms with Crippen LogP contribution in [0.25, 0.3) is 0 Å². The molecule has 2 aromatic heterocycles. The average molecular weight is 312 g/mol. The highest BCUT2D eigenvalue weighted by atomic mass is 19.1. The number of nitrogens with one attached hydrogen (secondary N) is 1. The Hall–Kier alpha value is -2.81. The van der Waals surface area contributed by atoms with Gasteiger partial charge in [0, 0.05) is 23.9 Å². The fourth-order valence-electron chi connectivity index (χ4n) is 2.09. The number of hydrogen-bond acceptors (Lipinski definition) is 4. The molecule has 0 radical (unpaired) electrons. The van der Waals surface area contributed by atoms with Gasteiger partial charge in [-0.3, -0.25) is 9.78 Å². The second-order valence-electron chi connectivity index (χ2n) is 5.06. The van der Waals surface area contributed by atoms with Gasteiger partial charge in [0.05, 0.1) is 12.5 Å². The van der Waals surface area contributed by atoms with Crippen molar-refractivity contribution in [2.24, 2.45) is 0 Å². The van der Waals surface area contributed by atoms with E-state index in [0.717, 1.165) is 12.8 Å². The molecule has 1 amide bonds.